The summed E-state index contributed by atoms with van der Waals surface area (Å²) < 4.78 is 0. The molecule has 0 saturated carbocycles. The highest BCUT2D eigenvalue weighted by Crippen LogP contribution is 2.57. The van der Waals surface area contributed by atoms with Crippen LogP contribution < -0.4 is 4.99 Å². The molecule has 3 aromatic carbocycles. The van der Waals surface area contributed by atoms with Crippen LogP contribution >= 0.6 is 0 Å². The fourth-order valence-corrected chi connectivity index (χ4v) is 5.23. The maximum Gasteiger partial charge on any atom is 0.211 e. The normalized spacial score (nSPS) is 30.9. The van der Waals surface area contributed by atoms with Crippen molar-refractivity contribution >= 4 is 11.8 Å². The van der Waals surface area contributed by atoms with Crippen LogP contribution in [-0.2, 0) is 11.1 Å². The van der Waals surface area contributed by atoms with Crippen molar-refractivity contribution in [3.05, 3.63) is 114 Å². The van der Waals surface area contributed by atoms with Crippen molar-refractivity contribution in [3.8, 4) is 0 Å². The van der Waals surface area contributed by atoms with Crippen LogP contribution in [0.25, 0.3) is 5.57 Å². The topological polar surface area (TPSA) is 34.2 Å². The highest BCUT2D eigenvalue weighted by Gasteiger charge is 2.66. The quantitative estimate of drug-likeness (QED) is 0.733. The third-order valence-electron chi connectivity index (χ3n) is 6.38. The lowest BCUT2D eigenvalue weighted by Gasteiger charge is -2.36. The molecular weight excluding hydrogens is 342 g/mol. The molecule has 2 heteroatoms. The first-order chi connectivity index (χ1) is 13.7. The SMILES string of the molecule is C[C@@H]1C=[NH+][C@@]2(c3ccccc3)C=C(c3ccccc3)[C@](O)(c3ccccc3)[C@@H]12. The Bertz CT molecular complexity index is 1040. The van der Waals surface area contributed by atoms with Gasteiger partial charge in [-0.05, 0) is 22.8 Å². The third-order valence-corrected chi connectivity index (χ3v) is 6.38. The van der Waals surface area contributed by atoms with E-state index in [1.807, 2.05) is 54.6 Å². The van der Waals surface area contributed by atoms with Crippen LogP contribution in [0.5, 0.6) is 0 Å². The summed E-state index contributed by atoms with van der Waals surface area (Å²) in [6.45, 7) is 2.19. The molecule has 3 aromatic rings. The highest BCUT2D eigenvalue weighted by molar-refractivity contribution is 5.81. The lowest BCUT2D eigenvalue weighted by Crippen LogP contribution is -2.80. The van der Waals surface area contributed by atoms with Crippen LogP contribution in [0.4, 0.5) is 0 Å². The largest absolute Gasteiger partial charge is 0.380 e. The molecule has 1 heterocycles. The molecular formula is C26H24NO+. The van der Waals surface area contributed by atoms with Crippen LogP contribution in [0.15, 0.2) is 97.1 Å². The van der Waals surface area contributed by atoms with Crippen LogP contribution in [0.1, 0.15) is 23.6 Å². The summed E-state index contributed by atoms with van der Waals surface area (Å²) in [6, 6.07) is 30.9. The van der Waals surface area contributed by atoms with Gasteiger partial charge in [0.15, 0.2) is 0 Å². The molecule has 0 radical (unpaired) electrons. The zero-order chi connectivity index (χ0) is 19.2. The number of nitrogens with one attached hydrogen (secondary N) is 1. The fourth-order valence-electron chi connectivity index (χ4n) is 5.23. The maximum atomic E-state index is 12.4. The van der Waals surface area contributed by atoms with Gasteiger partial charge in [0.2, 0.25) is 5.54 Å². The molecule has 0 spiro atoms. The minimum Gasteiger partial charge on any atom is -0.380 e. The second kappa shape index (κ2) is 6.29. The lowest BCUT2D eigenvalue weighted by atomic mass is 9.68. The van der Waals surface area contributed by atoms with Gasteiger partial charge in [-0.25, -0.2) is 4.99 Å². The molecule has 5 rings (SSSR count). The fraction of sp³-hybridized carbons (Fsp3) is 0.192. The number of fused-ring (bicyclic) bond motifs is 1. The van der Waals surface area contributed by atoms with E-state index in [1.165, 1.54) is 5.56 Å². The number of benzene rings is 3. The molecule has 0 saturated heterocycles. The first-order valence-corrected chi connectivity index (χ1v) is 9.89. The van der Waals surface area contributed by atoms with Gasteiger partial charge in [0.1, 0.15) is 11.8 Å². The highest BCUT2D eigenvalue weighted by atomic mass is 16.3. The summed E-state index contributed by atoms with van der Waals surface area (Å²) in [5.74, 6) is 0.155. The van der Waals surface area contributed by atoms with Crippen molar-refractivity contribution in [1.29, 1.82) is 0 Å². The Kier molecular flexibility index (Phi) is 3.85. The molecule has 0 unspecified atom stereocenters. The van der Waals surface area contributed by atoms with Gasteiger partial charge in [0.25, 0.3) is 0 Å². The summed E-state index contributed by atoms with van der Waals surface area (Å²) >= 11 is 0. The molecule has 1 aliphatic carbocycles. The van der Waals surface area contributed by atoms with Gasteiger partial charge in [0.05, 0.1) is 5.92 Å². The Hall–Kier alpha value is -2.97. The van der Waals surface area contributed by atoms with Crippen molar-refractivity contribution in [1.82, 2.24) is 0 Å². The minimum atomic E-state index is -1.09. The molecule has 138 valence electrons. The van der Waals surface area contributed by atoms with E-state index in [0.29, 0.717) is 0 Å². The first-order valence-electron chi connectivity index (χ1n) is 9.89. The molecule has 2 N–H and O–H groups in total. The van der Waals surface area contributed by atoms with E-state index in [2.05, 4.69) is 60.6 Å². The first kappa shape index (κ1) is 17.2. The zero-order valence-electron chi connectivity index (χ0n) is 15.9. The average Bonchev–Trinajstić information content (AvgIpc) is 3.25. The van der Waals surface area contributed by atoms with Gasteiger partial charge >= 0.3 is 0 Å². The summed E-state index contributed by atoms with van der Waals surface area (Å²) in [6.07, 6.45) is 4.40. The molecule has 2 aliphatic rings. The molecule has 0 amide bonds. The van der Waals surface area contributed by atoms with Crippen molar-refractivity contribution in [3.63, 3.8) is 0 Å². The van der Waals surface area contributed by atoms with E-state index in [4.69, 9.17) is 0 Å². The van der Waals surface area contributed by atoms with Crippen molar-refractivity contribution in [2.75, 3.05) is 0 Å². The Labute approximate surface area is 165 Å². The van der Waals surface area contributed by atoms with E-state index in [9.17, 15) is 5.11 Å². The van der Waals surface area contributed by atoms with Gasteiger partial charge in [0, 0.05) is 11.5 Å². The maximum absolute atomic E-state index is 12.4. The van der Waals surface area contributed by atoms with Crippen LogP contribution in [-0.4, -0.2) is 11.3 Å². The van der Waals surface area contributed by atoms with Crippen molar-refractivity contribution < 1.29 is 10.1 Å². The van der Waals surface area contributed by atoms with Gasteiger partial charge in [-0.3, -0.25) is 0 Å². The summed E-state index contributed by atoms with van der Waals surface area (Å²) in [5, 5.41) is 12.4. The predicted octanol–water partition coefficient (Wildman–Crippen LogP) is 3.28. The number of aliphatic hydroxyl groups is 1. The van der Waals surface area contributed by atoms with Gasteiger partial charge in [-0.2, -0.15) is 0 Å². The van der Waals surface area contributed by atoms with E-state index >= 15 is 0 Å². The van der Waals surface area contributed by atoms with Crippen LogP contribution in [0, 0.1) is 11.8 Å². The zero-order valence-corrected chi connectivity index (χ0v) is 15.9. The molecule has 28 heavy (non-hydrogen) atoms. The number of rotatable bonds is 3. The van der Waals surface area contributed by atoms with Gasteiger partial charge < -0.3 is 5.11 Å². The monoisotopic (exact) mass is 366 g/mol. The van der Waals surface area contributed by atoms with Crippen LogP contribution in [0.3, 0.4) is 0 Å². The molecule has 0 fully saturated rings. The summed E-state index contributed by atoms with van der Waals surface area (Å²) in [4.78, 5) is 3.66. The van der Waals surface area contributed by atoms with Gasteiger partial charge in [-0.15, -0.1) is 0 Å². The van der Waals surface area contributed by atoms with Crippen molar-refractivity contribution in [2.45, 2.75) is 18.1 Å². The molecule has 2 nitrogen and oxygen atoms in total. The smallest absolute Gasteiger partial charge is 0.211 e. The molecule has 4 atom stereocenters. The van der Waals surface area contributed by atoms with E-state index < -0.39 is 11.1 Å². The number of hydrogen-bond acceptors (Lipinski definition) is 1. The summed E-state index contributed by atoms with van der Waals surface area (Å²) in [5.41, 5.74) is 2.64. The van der Waals surface area contributed by atoms with Crippen molar-refractivity contribution in [2.24, 2.45) is 11.8 Å². The average molecular weight is 366 g/mol. The van der Waals surface area contributed by atoms with Crippen LogP contribution in [0.2, 0.25) is 0 Å². The predicted molar refractivity (Wildman–Crippen MR) is 113 cm³/mol. The van der Waals surface area contributed by atoms with E-state index in [1.54, 1.807) is 0 Å². The standard InChI is InChI=1S/C26H23NO/c1-19-18-27-25(21-13-7-3-8-14-21)17-23(20-11-5-2-6-12-20)26(28,24(19)25)22-15-9-4-10-16-22/h2-19,24,28H,1H3/p+1/t19-,24+,25-,26-/m1/s1. The van der Waals surface area contributed by atoms with E-state index in [-0.39, 0.29) is 11.8 Å². The molecule has 0 bridgehead atoms. The Morgan fingerprint density at radius 3 is 1.89 bits per heavy atom. The Morgan fingerprint density at radius 2 is 1.29 bits per heavy atom. The number of hydrogen-bond donors (Lipinski definition) is 2. The molecule has 0 aromatic heterocycles. The molecule has 1 aliphatic heterocycles. The van der Waals surface area contributed by atoms with E-state index in [0.717, 1.165) is 16.7 Å². The minimum absolute atomic E-state index is 0.0417. The van der Waals surface area contributed by atoms with Gasteiger partial charge in [-0.1, -0.05) is 97.9 Å². The Morgan fingerprint density at radius 1 is 0.750 bits per heavy atom. The lowest BCUT2D eigenvalue weighted by molar-refractivity contribution is -0.544. The Balaban J connectivity index is 1.81. The third kappa shape index (κ3) is 2.28. The second-order valence-electron chi connectivity index (χ2n) is 7.94. The second-order valence-corrected chi connectivity index (χ2v) is 7.94. The summed E-state index contributed by atoms with van der Waals surface area (Å²) in [7, 11) is 0.